The van der Waals surface area contributed by atoms with Gasteiger partial charge in [0.2, 0.25) is 5.91 Å². The van der Waals surface area contributed by atoms with Crippen LogP contribution < -0.4 is 15.2 Å². The number of ether oxygens (including phenoxy) is 2. The van der Waals surface area contributed by atoms with Crippen molar-refractivity contribution in [2.75, 3.05) is 26.7 Å². The van der Waals surface area contributed by atoms with Crippen LogP contribution in [0.25, 0.3) is 0 Å². The van der Waals surface area contributed by atoms with Crippen molar-refractivity contribution < 1.29 is 14.3 Å². The number of rotatable bonds is 3. The van der Waals surface area contributed by atoms with E-state index in [0.29, 0.717) is 13.2 Å². The Morgan fingerprint density at radius 1 is 1.47 bits per heavy atom. The normalized spacial score (nSPS) is 17.6. The third-order valence-corrected chi connectivity index (χ3v) is 2.65. The van der Waals surface area contributed by atoms with E-state index in [9.17, 15) is 4.79 Å². The molecule has 92 valence electrons. The van der Waals surface area contributed by atoms with Gasteiger partial charge in [0.15, 0.2) is 17.6 Å². The maximum Gasteiger partial charge on any atom is 0.236 e. The first-order valence-electron chi connectivity index (χ1n) is 5.53. The van der Waals surface area contributed by atoms with E-state index in [4.69, 9.17) is 15.2 Å². The van der Waals surface area contributed by atoms with E-state index in [1.807, 2.05) is 24.3 Å². The molecule has 1 aliphatic rings. The highest BCUT2D eigenvalue weighted by molar-refractivity contribution is 5.77. The molecule has 0 bridgehead atoms. The number of hydrogen-bond acceptors (Lipinski definition) is 4. The van der Waals surface area contributed by atoms with Gasteiger partial charge in [-0.2, -0.15) is 0 Å². The summed E-state index contributed by atoms with van der Waals surface area (Å²) >= 11 is 0. The minimum Gasteiger partial charge on any atom is -0.486 e. The predicted molar refractivity (Wildman–Crippen MR) is 63.0 cm³/mol. The lowest BCUT2D eigenvalue weighted by molar-refractivity contribution is -0.129. The van der Waals surface area contributed by atoms with Gasteiger partial charge in [-0.25, -0.2) is 0 Å². The molecule has 1 aromatic rings. The molecule has 0 fully saturated rings. The second-order valence-electron chi connectivity index (χ2n) is 3.98. The fourth-order valence-electron chi connectivity index (χ4n) is 1.72. The van der Waals surface area contributed by atoms with E-state index in [-0.39, 0.29) is 18.6 Å². The SMILES string of the molecule is CN(CC1COc2ccccc2O1)C(=O)CN. The molecule has 5 nitrogen and oxygen atoms in total. The summed E-state index contributed by atoms with van der Waals surface area (Å²) < 4.78 is 11.3. The van der Waals surface area contributed by atoms with Crippen molar-refractivity contribution in [3.05, 3.63) is 24.3 Å². The molecule has 2 N–H and O–H groups in total. The Morgan fingerprint density at radius 3 is 2.88 bits per heavy atom. The van der Waals surface area contributed by atoms with Gasteiger partial charge in [-0.3, -0.25) is 4.79 Å². The second-order valence-corrected chi connectivity index (χ2v) is 3.98. The van der Waals surface area contributed by atoms with Crippen LogP contribution in [0, 0.1) is 0 Å². The van der Waals surface area contributed by atoms with E-state index in [1.165, 1.54) is 0 Å². The Kier molecular flexibility index (Phi) is 3.49. The first kappa shape index (κ1) is 11.7. The van der Waals surface area contributed by atoms with E-state index in [2.05, 4.69) is 0 Å². The van der Waals surface area contributed by atoms with E-state index < -0.39 is 0 Å². The fraction of sp³-hybridized carbons (Fsp3) is 0.417. The molecular formula is C12H16N2O3. The van der Waals surface area contributed by atoms with Gasteiger partial charge in [-0.05, 0) is 12.1 Å². The highest BCUT2D eigenvalue weighted by Crippen LogP contribution is 2.30. The summed E-state index contributed by atoms with van der Waals surface area (Å²) in [7, 11) is 1.71. The molecule has 0 aliphatic carbocycles. The van der Waals surface area contributed by atoms with Crippen LogP contribution in [-0.4, -0.2) is 43.7 Å². The molecule has 0 radical (unpaired) electrons. The van der Waals surface area contributed by atoms with E-state index >= 15 is 0 Å². The topological polar surface area (TPSA) is 64.8 Å². The van der Waals surface area contributed by atoms with Gasteiger partial charge in [-0.1, -0.05) is 12.1 Å². The number of carbonyl (C=O) groups is 1. The number of likely N-dealkylation sites (N-methyl/N-ethyl adjacent to an activating group) is 1. The number of hydrogen-bond donors (Lipinski definition) is 1. The van der Waals surface area contributed by atoms with E-state index in [0.717, 1.165) is 11.5 Å². The molecule has 0 saturated carbocycles. The number of para-hydroxylation sites is 2. The van der Waals surface area contributed by atoms with Gasteiger partial charge in [0.1, 0.15) is 6.61 Å². The third-order valence-electron chi connectivity index (χ3n) is 2.65. The quantitative estimate of drug-likeness (QED) is 0.816. The molecular weight excluding hydrogens is 220 g/mol. The minimum atomic E-state index is -0.148. The van der Waals surface area contributed by atoms with Crippen LogP contribution in [0.1, 0.15) is 0 Å². The summed E-state index contributed by atoms with van der Waals surface area (Å²) in [5.74, 6) is 1.36. The Hall–Kier alpha value is -1.75. The maximum absolute atomic E-state index is 11.3. The average molecular weight is 236 g/mol. The lowest BCUT2D eigenvalue weighted by Crippen LogP contribution is -2.43. The van der Waals surface area contributed by atoms with Crippen LogP contribution in [0.2, 0.25) is 0 Å². The molecule has 1 aromatic carbocycles. The van der Waals surface area contributed by atoms with Gasteiger partial charge in [0.05, 0.1) is 13.1 Å². The molecule has 0 saturated heterocycles. The largest absolute Gasteiger partial charge is 0.486 e. The van der Waals surface area contributed by atoms with Crippen molar-refractivity contribution >= 4 is 5.91 Å². The summed E-state index contributed by atoms with van der Waals surface area (Å²) in [5, 5.41) is 0. The molecule has 1 aliphatic heterocycles. The second kappa shape index (κ2) is 5.05. The summed E-state index contributed by atoms with van der Waals surface area (Å²) in [5.41, 5.74) is 5.29. The molecule has 17 heavy (non-hydrogen) atoms. The van der Waals surface area contributed by atoms with Crippen molar-refractivity contribution in [3.8, 4) is 11.5 Å². The highest BCUT2D eigenvalue weighted by Gasteiger charge is 2.23. The molecule has 1 amide bonds. The lowest BCUT2D eigenvalue weighted by atomic mass is 10.2. The van der Waals surface area contributed by atoms with Crippen molar-refractivity contribution in [1.29, 1.82) is 0 Å². The predicted octanol–water partition coefficient (Wildman–Crippen LogP) is 0.244. The lowest BCUT2D eigenvalue weighted by Gasteiger charge is -2.29. The molecule has 1 heterocycles. The summed E-state index contributed by atoms with van der Waals surface area (Å²) in [6.07, 6.45) is -0.148. The molecule has 2 rings (SSSR count). The minimum absolute atomic E-state index is 0.0145. The van der Waals surface area contributed by atoms with Crippen molar-refractivity contribution in [3.63, 3.8) is 0 Å². The summed E-state index contributed by atoms with van der Waals surface area (Å²) in [6, 6.07) is 7.50. The summed E-state index contributed by atoms with van der Waals surface area (Å²) in [4.78, 5) is 12.9. The van der Waals surface area contributed by atoms with E-state index in [1.54, 1.807) is 11.9 Å². The zero-order valence-electron chi connectivity index (χ0n) is 9.76. The number of benzene rings is 1. The zero-order valence-corrected chi connectivity index (χ0v) is 9.76. The van der Waals surface area contributed by atoms with Crippen LogP contribution in [0.5, 0.6) is 11.5 Å². The van der Waals surface area contributed by atoms with Crippen LogP contribution in [0.3, 0.4) is 0 Å². The highest BCUT2D eigenvalue weighted by atomic mass is 16.6. The summed E-state index contributed by atoms with van der Waals surface area (Å²) in [6.45, 7) is 0.935. The molecule has 0 spiro atoms. The zero-order chi connectivity index (χ0) is 12.3. The van der Waals surface area contributed by atoms with Gasteiger partial charge >= 0.3 is 0 Å². The fourth-order valence-corrected chi connectivity index (χ4v) is 1.72. The first-order chi connectivity index (χ1) is 8.20. The Bertz CT molecular complexity index is 408. The standard InChI is InChI=1S/C12H16N2O3/c1-14(12(15)6-13)7-9-8-16-10-4-2-3-5-11(10)17-9/h2-5,9H,6-8,13H2,1H3. The van der Waals surface area contributed by atoms with Gasteiger partial charge < -0.3 is 20.1 Å². The Morgan fingerprint density at radius 2 is 2.18 bits per heavy atom. The van der Waals surface area contributed by atoms with Gasteiger partial charge in [0, 0.05) is 7.05 Å². The van der Waals surface area contributed by atoms with Crippen molar-refractivity contribution in [2.45, 2.75) is 6.10 Å². The third kappa shape index (κ3) is 2.68. The molecule has 0 aromatic heterocycles. The van der Waals surface area contributed by atoms with Gasteiger partial charge in [0.25, 0.3) is 0 Å². The Balaban J connectivity index is 1.96. The average Bonchev–Trinajstić information content (AvgIpc) is 2.37. The van der Waals surface area contributed by atoms with Crippen LogP contribution in [-0.2, 0) is 4.79 Å². The number of amides is 1. The number of carbonyl (C=O) groups excluding carboxylic acids is 1. The van der Waals surface area contributed by atoms with Crippen molar-refractivity contribution in [2.24, 2.45) is 5.73 Å². The van der Waals surface area contributed by atoms with Crippen LogP contribution >= 0.6 is 0 Å². The van der Waals surface area contributed by atoms with Gasteiger partial charge in [-0.15, -0.1) is 0 Å². The molecule has 1 atom stereocenters. The monoisotopic (exact) mass is 236 g/mol. The number of nitrogens with two attached hydrogens (primary N) is 1. The van der Waals surface area contributed by atoms with Crippen molar-refractivity contribution in [1.82, 2.24) is 4.90 Å². The van der Waals surface area contributed by atoms with Crippen LogP contribution in [0.15, 0.2) is 24.3 Å². The molecule has 1 unspecified atom stereocenters. The Labute approximate surface area is 100 Å². The molecule has 5 heteroatoms. The number of nitrogens with zero attached hydrogens (tertiary/aromatic N) is 1. The number of fused-ring (bicyclic) bond motifs is 1. The smallest absolute Gasteiger partial charge is 0.236 e. The maximum atomic E-state index is 11.3. The van der Waals surface area contributed by atoms with Crippen LogP contribution in [0.4, 0.5) is 0 Å². The first-order valence-corrected chi connectivity index (χ1v) is 5.53.